The molecule has 154 valence electrons. The second kappa shape index (κ2) is 7.96. The van der Waals surface area contributed by atoms with Gasteiger partial charge in [0.25, 0.3) is 31.6 Å². The highest BCUT2D eigenvalue weighted by Gasteiger charge is 2.23. The van der Waals surface area contributed by atoms with Crippen LogP contribution in [0.15, 0.2) is 46.2 Å². The van der Waals surface area contributed by atoms with E-state index < -0.39 is 51.2 Å². The van der Waals surface area contributed by atoms with Crippen molar-refractivity contribution in [3.8, 4) is 0 Å². The smallest absolute Gasteiger partial charge is 0.282 e. The summed E-state index contributed by atoms with van der Waals surface area (Å²) in [5.41, 5.74) is -1.78. The van der Waals surface area contributed by atoms with Crippen molar-refractivity contribution in [2.24, 2.45) is 0 Å². The molecule has 15 heteroatoms. The van der Waals surface area contributed by atoms with E-state index in [-0.39, 0.29) is 15.6 Å². The molecule has 0 amide bonds. The number of nitro benzene ring substituents is 2. The molecule has 0 heterocycles. The summed E-state index contributed by atoms with van der Waals surface area (Å²) in [5.74, 6) is 0. The number of rotatable bonds is 6. The first kappa shape index (κ1) is 22.6. The van der Waals surface area contributed by atoms with Crippen LogP contribution in [0.5, 0.6) is 0 Å². The van der Waals surface area contributed by atoms with Gasteiger partial charge >= 0.3 is 0 Å². The minimum Gasteiger partial charge on any atom is -0.282 e. The summed E-state index contributed by atoms with van der Waals surface area (Å²) in [7, 11) is -9.82. The van der Waals surface area contributed by atoms with E-state index in [1.54, 1.807) is 0 Å². The van der Waals surface area contributed by atoms with Crippen LogP contribution in [0.1, 0.15) is 11.1 Å². The number of halogens is 1. The van der Waals surface area contributed by atoms with Gasteiger partial charge in [0.05, 0.1) is 9.85 Å². The molecule has 0 aliphatic heterocycles. The predicted octanol–water partition coefficient (Wildman–Crippen LogP) is 2.89. The summed E-state index contributed by atoms with van der Waals surface area (Å²) in [6, 6.07) is 5.06. The number of hydrogen-bond donors (Lipinski definition) is 2. The zero-order valence-electron chi connectivity index (χ0n) is 13.8. The molecule has 0 bridgehead atoms. The molecule has 2 aromatic rings. The summed E-state index contributed by atoms with van der Waals surface area (Å²) >= 11 is 2.98. The van der Waals surface area contributed by atoms with Gasteiger partial charge in [-0.25, -0.2) is 0 Å². The van der Waals surface area contributed by atoms with Gasteiger partial charge in [-0.2, -0.15) is 16.8 Å². The van der Waals surface area contributed by atoms with Gasteiger partial charge in [0.2, 0.25) is 0 Å². The number of hydrogen-bond acceptors (Lipinski definition) is 8. The lowest BCUT2D eigenvalue weighted by molar-refractivity contribution is -0.385. The van der Waals surface area contributed by atoms with E-state index in [0.717, 1.165) is 30.3 Å². The predicted molar refractivity (Wildman–Crippen MR) is 103 cm³/mol. The standard InChI is InChI=1S/C14H9BrN2O10S2/c15-12(11-4-3-10(17(20)21)7-14(11)29(25,26)27)5-8-1-2-9(16(18)19)6-13(8)28(22,23)24/h1-7H,(H,22,23,24)(H,25,26,27)/b12-5-. The fourth-order valence-corrected chi connectivity index (χ4v) is 4.37. The van der Waals surface area contributed by atoms with Crippen LogP contribution in [0.2, 0.25) is 0 Å². The molecule has 29 heavy (non-hydrogen) atoms. The third-order valence-electron chi connectivity index (χ3n) is 3.48. The van der Waals surface area contributed by atoms with Crippen molar-refractivity contribution in [1.82, 2.24) is 0 Å². The maximum Gasteiger partial charge on any atom is 0.295 e. The minimum atomic E-state index is -4.92. The molecule has 2 N–H and O–H groups in total. The average molecular weight is 509 g/mol. The summed E-state index contributed by atoms with van der Waals surface area (Å²) in [6.45, 7) is 0. The highest BCUT2D eigenvalue weighted by molar-refractivity contribution is 9.15. The normalized spacial score (nSPS) is 12.6. The summed E-state index contributed by atoms with van der Waals surface area (Å²) in [5, 5.41) is 21.7. The molecule has 0 radical (unpaired) electrons. The van der Waals surface area contributed by atoms with Crippen LogP contribution in [0.4, 0.5) is 11.4 Å². The second-order valence-corrected chi connectivity index (χ2v) is 8.99. The van der Waals surface area contributed by atoms with E-state index in [1.165, 1.54) is 0 Å². The first-order chi connectivity index (χ1) is 13.2. The Morgan fingerprint density at radius 1 is 0.862 bits per heavy atom. The number of nitro groups is 2. The first-order valence-electron chi connectivity index (χ1n) is 7.11. The van der Waals surface area contributed by atoms with E-state index in [4.69, 9.17) is 0 Å². The SMILES string of the molecule is O=[N+]([O-])c1ccc(/C=C(\Br)c2ccc([N+](=O)[O-])cc2S(=O)(=O)O)c(S(=O)(=O)O)c1. The topological polar surface area (TPSA) is 195 Å². The summed E-state index contributed by atoms with van der Waals surface area (Å²) in [6.07, 6.45) is 1.00. The number of non-ortho nitro benzene ring substituents is 2. The molecule has 0 aromatic heterocycles. The molecule has 0 atom stereocenters. The van der Waals surface area contributed by atoms with Gasteiger partial charge in [-0.15, -0.1) is 0 Å². The van der Waals surface area contributed by atoms with Gasteiger partial charge in [-0.05, 0) is 23.8 Å². The molecule has 12 nitrogen and oxygen atoms in total. The van der Waals surface area contributed by atoms with Crippen molar-refractivity contribution in [2.75, 3.05) is 0 Å². The van der Waals surface area contributed by atoms with Crippen LogP contribution < -0.4 is 0 Å². The lowest BCUT2D eigenvalue weighted by Crippen LogP contribution is -2.04. The Morgan fingerprint density at radius 3 is 1.76 bits per heavy atom. The van der Waals surface area contributed by atoms with E-state index in [1.807, 2.05) is 0 Å². The molecule has 0 spiro atoms. The van der Waals surface area contributed by atoms with Gasteiger partial charge < -0.3 is 0 Å². The maximum atomic E-state index is 11.6. The highest BCUT2D eigenvalue weighted by Crippen LogP contribution is 2.34. The van der Waals surface area contributed by atoms with Crippen molar-refractivity contribution in [2.45, 2.75) is 9.79 Å². The number of benzene rings is 2. The molecular weight excluding hydrogens is 500 g/mol. The quantitative estimate of drug-likeness (QED) is 0.253. The molecule has 0 saturated heterocycles. The molecule has 0 fully saturated rings. The van der Waals surface area contributed by atoms with Crippen molar-refractivity contribution < 1.29 is 35.8 Å². The molecule has 0 aliphatic rings. The Labute approximate surface area is 171 Å². The Morgan fingerprint density at radius 2 is 1.31 bits per heavy atom. The maximum absolute atomic E-state index is 11.6. The lowest BCUT2D eigenvalue weighted by atomic mass is 10.1. The van der Waals surface area contributed by atoms with Crippen LogP contribution in [0.3, 0.4) is 0 Å². The second-order valence-electron chi connectivity index (χ2n) is 5.36. The summed E-state index contributed by atoms with van der Waals surface area (Å²) in [4.78, 5) is 18.2. The fraction of sp³-hybridized carbons (Fsp3) is 0. The Hall–Kier alpha value is -2.72. The average Bonchev–Trinajstić information content (AvgIpc) is 2.59. The molecular formula is C14H9BrN2O10S2. The Balaban J connectivity index is 2.75. The molecule has 0 saturated carbocycles. The zero-order chi connectivity index (χ0) is 22.1. The Kier molecular flexibility index (Phi) is 6.19. The Bertz CT molecular complexity index is 1270. The van der Waals surface area contributed by atoms with Crippen molar-refractivity contribution in [1.29, 1.82) is 0 Å². The van der Waals surface area contributed by atoms with Crippen molar-refractivity contribution in [3.05, 3.63) is 67.8 Å². The van der Waals surface area contributed by atoms with E-state index in [9.17, 15) is 46.2 Å². The van der Waals surface area contributed by atoms with E-state index >= 15 is 0 Å². The third kappa shape index (κ3) is 5.21. The molecule has 2 rings (SSSR count). The van der Waals surface area contributed by atoms with Gasteiger partial charge in [0.1, 0.15) is 9.79 Å². The molecule has 2 aromatic carbocycles. The van der Waals surface area contributed by atoms with Crippen LogP contribution in [-0.4, -0.2) is 35.8 Å². The van der Waals surface area contributed by atoms with E-state index in [2.05, 4.69) is 15.9 Å². The largest absolute Gasteiger partial charge is 0.295 e. The molecule has 0 unspecified atom stereocenters. The third-order valence-corrected chi connectivity index (χ3v) is 5.94. The van der Waals surface area contributed by atoms with Crippen LogP contribution in [0, 0.1) is 20.2 Å². The van der Waals surface area contributed by atoms with Crippen LogP contribution in [-0.2, 0) is 20.2 Å². The van der Waals surface area contributed by atoms with Gasteiger partial charge in [-0.3, -0.25) is 29.3 Å². The monoisotopic (exact) mass is 508 g/mol. The van der Waals surface area contributed by atoms with Crippen molar-refractivity contribution in [3.63, 3.8) is 0 Å². The van der Waals surface area contributed by atoms with E-state index in [0.29, 0.717) is 12.1 Å². The highest BCUT2D eigenvalue weighted by atomic mass is 79.9. The minimum absolute atomic E-state index is 0.154. The number of nitrogens with zero attached hydrogens (tertiary/aromatic N) is 2. The van der Waals surface area contributed by atoms with Gasteiger partial charge in [-0.1, -0.05) is 15.9 Å². The van der Waals surface area contributed by atoms with Crippen LogP contribution in [0.25, 0.3) is 10.6 Å². The molecule has 0 aliphatic carbocycles. The lowest BCUT2D eigenvalue weighted by Gasteiger charge is -2.08. The fourth-order valence-electron chi connectivity index (χ4n) is 2.23. The van der Waals surface area contributed by atoms with Gasteiger partial charge in [0.15, 0.2) is 0 Å². The van der Waals surface area contributed by atoms with Crippen molar-refractivity contribution >= 4 is 58.1 Å². The van der Waals surface area contributed by atoms with Crippen LogP contribution >= 0.6 is 15.9 Å². The summed E-state index contributed by atoms with van der Waals surface area (Å²) < 4.78 is 64.9. The zero-order valence-corrected chi connectivity index (χ0v) is 17.0. The van der Waals surface area contributed by atoms with Gasteiger partial charge in [0, 0.05) is 34.3 Å². The first-order valence-corrected chi connectivity index (χ1v) is 10.8.